The van der Waals surface area contributed by atoms with Crippen LogP contribution in [0.2, 0.25) is 0 Å². The van der Waals surface area contributed by atoms with Crippen LogP contribution in [0.3, 0.4) is 0 Å². The number of hydrogen-bond donors (Lipinski definition) is 1. The molecule has 2 N–H and O–H groups in total. The monoisotopic (exact) mass is 287 g/mol. The molecule has 2 rings (SSSR count). The minimum absolute atomic E-state index is 0.226. The molecule has 1 unspecified atom stereocenters. The average Bonchev–Trinajstić information content (AvgIpc) is 2.74. The fourth-order valence-corrected chi connectivity index (χ4v) is 2.54. The standard InChI is InChI=1S/C9H10BrN3OS/c1-4-3-6(15-7(4)10)9-13-12-8(14-9)5(2)11/h3,5H,11H2,1-2H3. The third kappa shape index (κ3) is 2.11. The van der Waals surface area contributed by atoms with Crippen LogP contribution in [0.4, 0.5) is 0 Å². The second kappa shape index (κ2) is 4.03. The van der Waals surface area contributed by atoms with Crippen molar-refractivity contribution >= 4 is 27.3 Å². The molecular formula is C9H10BrN3OS. The van der Waals surface area contributed by atoms with E-state index in [1.54, 1.807) is 11.3 Å². The zero-order valence-corrected chi connectivity index (χ0v) is 10.7. The molecule has 80 valence electrons. The molecule has 2 heterocycles. The minimum Gasteiger partial charge on any atom is -0.418 e. The number of nitrogens with zero attached hydrogens (tertiary/aromatic N) is 2. The first-order chi connectivity index (χ1) is 7.08. The molecule has 0 spiro atoms. The number of aromatic nitrogens is 2. The first-order valence-electron chi connectivity index (χ1n) is 4.43. The third-order valence-corrected chi connectivity index (χ3v) is 4.02. The maximum Gasteiger partial charge on any atom is 0.257 e. The highest BCUT2D eigenvalue weighted by molar-refractivity contribution is 9.11. The van der Waals surface area contributed by atoms with Gasteiger partial charge in [-0.15, -0.1) is 21.5 Å². The molecule has 0 aromatic carbocycles. The van der Waals surface area contributed by atoms with Gasteiger partial charge < -0.3 is 10.2 Å². The van der Waals surface area contributed by atoms with Crippen molar-refractivity contribution in [2.75, 3.05) is 0 Å². The Morgan fingerprint density at radius 1 is 1.53 bits per heavy atom. The Morgan fingerprint density at radius 3 is 2.73 bits per heavy atom. The van der Waals surface area contributed by atoms with Gasteiger partial charge in [-0.1, -0.05) is 0 Å². The molecule has 2 aromatic rings. The van der Waals surface area contributed by atoms with Gasteiger partial charge in [0.1, 0.15) is 0 Å². The van der Waals surface area contributed by atoms with E-state index in [0.29, 0.717) is 11.8 Å². The van der Waals surface area contributed by atoms with Crippen LogP contribution in [0.5, 0.6) is 0 Å². The molecule has 15 heavy (non-hydrogen) atoms. The lowest BCUT2D eigenvalue weighted by Crippen LogP contribution is -2.04. The van der Waals surface area contributed by atoms with Gasteiger partial charge in [0.15, 0.2) is 0 Å². The summed E-state index contributed by atoms with van der Waals surface area (Å²) in [5.74, 6) is 0.994. The summed E-state index contributed by atoms with van der Waals surface area (Å²) in [5, 5.41) is 7.84. The SMILES string of the molecule is Cc1cc(-c2nnc(C(C)N)o2)sc1Br. The lowest BCUT2D eigenvalue weighted by Gasteiger charge is -1.93. The van der Waals surface area contributed by atoms with Crippen LogP contribution in [0.25, 0.3) is 10.8 Å². The maximum atomic E-state index is 5.64. The molecule has 0 radical (unpaired) electrons. The topological polar surface area (TPSA) is 64.9 Å². The van der Waals surface area contributed by atoms with Crippen LogP contribution in [-0.4, -0.2) is 10.2 Å². The summed E-state index contributed by atoms with van der Waals surface area (Å²) in [6, 6.07) is 1.78. The maximum absolute atomic E-state index is 5.64. The summed E-state index contributed by atoms with van der Waals surface area (Å²) in [6.45, 7) is 3.83. The number of hydrogen-bond acceptors (Lipinski definition) is 5. The van der Waals surface area contributed by atoms with Crippen LogP contribution < -0.4 is 5.73 Å². The van der Waals surface area contributed by atoms with E-state index < -0.39 is 0 Å². The van der Waals surface area contributed by atoms with Crippen molar-refractivity contribution in [1.82, 2.24) is 10.2 Å². The van der Waals surface area contributed by atoms with Crippen molar-refractivity contribution < 1.29 is 4.42 Å². The quantitative estimate of drug-likeness (QED) is 0.922. The minimum atomic E-state index is -0.226. The lowest BCUT2D eigenvalue weighted by atomic mass is 10.3. The fourth-order valence-electron chi connectivity index (χ4n) is 1.08. The van der Waals surface area contributed by atoms with Crippen molar-refractivity contribution in [3.05, 3.63) is 21.3 Å². The molecule has 0 bridgehead atoms. The second-order valence-corrected chi connectivity index (χ2v) is 5.67. The smallest absolute Gasteiger partial charge is 0.257 e. The summed E-state index contributed by atoms with van der Waals surface area (Å²) in [5.41, 5.74) is 6.80. The van der Waals surface area contributed by atoms with Crippen LogP contribution in [-0.2, 0) is 0 Å². The van der Waals surface area contributed by atoms with Crippen molar-refractivity contribution in [2.24, 2.45) is 5.73 Å². The number of halogens is 1. The van der Waals surface area contributed by atoms with Gasteiger partial charge in [0.25, 0.3) is 5.89 Å². The molecule has 0 amide bonds. The summed E-state index contributed by atoms with van der Waals surface area (Å²) in [7, 11) is 0. The van der Waals surface area contributed by atoms with Gasteiger partial charge in [0.05, 0.1) is 14.7 Å². The van der Waals surface area contributed by atoms with Gasteiger partial charge in [-0.2, -0.15) is 0 Å². The fraction of sp³-hybridized carbons (Fsp3) is 0.333. The van der Waals surface area contributed by atoms with Crippen molar-refractivity contribution in [3.63, 3.8) is 0 Å². The van der Waals surface area contributed by atoms with Gasteiger partial charge in [-0.25, -0.2) is 0 Å². The Labute approximate surface area is 99.6 Å². The number of thiophene rings is 1. The molecule has 0 saturated carbocycles. The average molecular weight is 288 g/mol. The Kier molecular flexibility index (Phi) is 2.90. The predicted molar refractivity (Wildman–Crippen MR) is 62.7 cm³/mol. The van der Waals surface area contributed by atoms with E-state index in [0.717, 1.165) is 14.2 Å². The predicted octanol–water partition coefficient (Wildman–Crippen LogP) is 2.89. The molecule has 4 nitrogen and oxygen atoms in total. The van der Waals surface area contributed by atoms with Gasteiger partial charge in [0.2, 0.25) is 5.89 Å². The van der Waals surface area contributed by atoms with Crippen LogP contribution in [0, 0.1) is 6.92 Å². The second-order valence-electron chi connectivity index (χ2n) is 3.30. The zero-order chi connectivity index (χ0) is 11.0. The lowest BCUT2D eigenvalue weighted by molar-refractivity contribution is 0.474. The molecule has 6 heteroatoms. The van der Waals surface area contributed by atoms with Crippen molar-refractivity contribution in [1.29, 1.82) is 0 Å². The molecule has 0 fully saturated rings. The van der Waals surface area contributed by atoms with Crippen LogP contribution in [0.1, 0.15) is 24.4 Å². The van der Waals surface area contributed by atoms with Gasteiger partial charge in [-0.05, 0) is 41.4 Å². The summed E-state index contributed by atoms with van der Waals surface area (Å²) >= 11 is 5.03. The number of rotatable bonds is 2. The highest BCUT2D eigenvalue weighted by Crippen LogP contribution is 2.34. The van der Waals surface area contributed by atoms with Crippen LogP contribution >= 0.6 is 27.3 Å². The van der Waals surface area contributed by atoms with Crippen molar-refractivity contribution in [2.45, 2.75) is 19.9 Å². The molecule has 0 saturated heterocycles. The van der Waals surface area contributed by atoms with Gasteiger partial charge in [-0.3, -0.25) is 0 Å². The third-order valence-electron chi connectivity index (χ3n) is 1.90. The summed E-state index contributed by atoms with van der Waals surface area (Å²) in [6.07, 6.45) is 0. The Hall–Kier alpha value is -0.720. The summed E-state index contributed by atoms with van der Waals surface area (Å²) in [4.78, 5) is 0.957. The Balaban J connectivity index is 2.37. The van der Waals surface area contributed by atoms with Gasteiger partial charge in [0, 0.05) is 0 Å². The van der Waals surface area contributed by atoms with E-state index in [9.17, 15) is 0 Å². The Bertz CT molecular complexity index is 458. The highest BCUT2D eigenvalue weighted by atomic mass is 79.9. The molecule has 0 aliphatic rings. The van der Waals surface area contributed by atoms with E-state index >= 15 is 0 Å². The first-order valence-corrected chi connectivity index (χ1v) is 6.04. The zero-order valence-electron chi connectivity index (χ0n) is 8.32. The molecule has 2 aromatic heterocycles. The molecule has 1 atom stereocenters. The highest BCUT2D eigenvalue weighted by Gasteiger charge is 2.14. The number of aryl methyl sites for hydroxylation is 1. The van der Waals surface area contributed by atoms with E-state index in [1.807, 2.05) is 19.9 Å². The number of nitrogens with two attached hydrogens (primary N) is 1. The van der Waals surface area contributed by atoms with E-state index in [4.69, 9.17) is 10.2 Å². The van der Waals surface area contributed by atoms with Gasteiger partial charge >= 0.3 is 0 Å². The molecular weight excluding hydrogens is 278 g/mol. The van der Waals surface area contributed by atoms with E-state index in [-0.39, 0.29) is 6.04 Å². The van der Waals surface area contributed by atoms with Crippen LogP contribution in [0.15, 0.2) is 14.3 Å². The van der Waals surface area contributed by atoms with E-state index in [1.165, 1.54) is 0 Å². The largest absolute Gasteiger partial charge is 0.418 e. The molecule has 0 aliphatic carbocycles. The normalized spacial score (nSPS) is 13.1. The molecule has 0 aliphatic heterocycles. The van der Waals surface area contributed by atoms with Crippen molar-refractivity contribution in [3.8, 4) is 10.8 Å². The summed E-state index contributed by atoms with van der Waals surface area (Å²) < 4.78 is 6.52. The Morgan fingerprint density at radius 2 is 2.27 bits per heavy atom. The van der Waals surface area contributed by atoms with E-state index in [2.05, 4.69) is 26.1 Å². The first kappa shape index (κ1) is 10.8.